The van der Waals surface area contributed by atoms with Crippen molar-refractivity contribution in [3.63, 3.8) is 0 Å². The lowest BCUT2D eigenvalue weighted by molar-refractivity contribution is 0.101. The van der Waals surface area contributed by atoms with Gasteiger partial charge in [-0.2, -0.15) is 0 Å². The molecule has 0 aliphatic carbocycles. The first-order valence-corrected chi connectivity index (χ1v) is 14.8. The Morgan fingerprint density at radius 1 is 0.609 bits per heavy atom. The maximum Gasteiger partial charge on any atom is 0.255 e. The molecule has 0 bridgehead atoms. The number of H-pyrrole nitrogens is 1. The van der Waals surface area contributed by atoms with Crippen molar-refractivity contribution in [3.8, 4) is 11.4 Å². The van der Waals surface area contributed by atoms with E-state index in [4.69, 9.17) is 4.98 Å². The molecule has 1 heterocycles. The van der Waals surface area contributed by atoms with E-state index in [1.165, 1.54) is 0 Å². The van der Waals surface area contributed by atoms with E-state index in [-0.39, 0.29) is 49.0 Å². The number of rotatable bonds is 11. The standard InChI is InChI=1S/C35H38N6O2.3ClH/c1-5-40(6-2)29-18-11-25(12-19-29)34(42)36-27-15-9-24(10-16-27)33-38-31-22-17-28(23-32(31)39-33)37-35(43)26-13-20-30(21-14-26)41(7-3)8-4;;;/h9-23H,5-8H2,1-4H3,(H,36,42)(H,37,43)(H,38,39);3*1H. The molecule has 0 atom stereocenters. The van der Waals surface area contributed by atoms with Crippen molar-refractivity contribution in [2.45, 2.75) is 27.7 Å². The Bertz CT molecular complexity index is 1700. The van der Waals surface area contributed by atoms with E-state index in [0.29, 0.717) is 28.3 Å². The van der Waals surface area contributed by atoms with Crippen LogP contribution in [0.15, 0.2) is 91.0 Å². The number of halogens is 3. The van der Waals surface area contributed by atoms with Crippen LogP contribution in [-0.4, -0.2) is 48.0 Å². The van der Waals surface area contributed by atoms with Gasteiger partial charge in [-0.15, -0.1) is 37.2 Å². The third-order valence-electron chi connectivity index (χ3n) is 7.67. The smallest absolute Gasteiger partial charge is 0.255 e. The topological polar surface area (TPSA) is 93.4 Å². The molecular formula is C35H41Cl3N6O2. The minimum Gasteiger partial charge on any atom is -0.372 e. The first-order chi connectivity index (χ1) is 20.9. The summed E-state index contributed by atoms with van der Waals surface area (Å²) in [6.07, 6.45) is 0. The molecule has 11 heteroatoms. The molecule has 5 aromatic rings. The number of nitrogens with one attached hydrogen (secondary N) is 3. The van der Waals surface area contributed by atoms with Gasteiger partial charge < -0.3 is 25.4 Å². The van der Waals surface area contributed by atoms with Gasteiger partial charge in [0, 0.05) is 65.6 Å². The van der Waals surface area contributed by atoms with Crippen molar-refractivity contribution >= 4 is 82.8 Å². The molecule has 0 fully saturated rings. The zero-order valence-corrected chi connectivity index (χ0v) is 28.8. The molecule has 2 amide bonds. The highest BCUT2D eigenvalue weighted by atomic mass is 35.5. The molecule has 244 valence electrons. The summed E-state index contributed by atoms with van der Waals surface area (Å²) >= 11 is 0. The molecule has 0 saturated heterocycles. The van der Waals surface area contributed by atoms with Gasteiger partial charge in [-0.05, 0) is 119 Å². The molecule has 8 nitrogen and oxygen atoms in total. The second-order valence-electron chi connectivity index (χ2n) is 10.2. The number of hydrogen-bond acceptors (Lipinski definition) is 5. The average Bonchev–Trinajstić information content (AvgIpc) is 3.47. The average molecular weight is 684 g/mol. The van der Waals surface area contributed by atoms with Crippen molar-refractivity contribution < 1.29 is 9.59 Å². The van der Waals surface area contributed by atoms with Gasteiger partial charge in [-0.1, -0.05) is 0 Å². The number of anilines is 4. The second-order valence-corrected chi connectivity index (χ2v) is 10.2. The Kier molecular flexibility index (Phi) is 14.4. The van der Waals surface area contributed by atoms with Crippen LogP contribution in [0.2, 0.25) is 0 Å². The molecule has 0 spiro atoms. The summed E-state index contributed by atoms with van der Waals surface area (Å²) in [5.74, 6) is 0.384. The quantitative estimate of drug-likeness (QED) is 0.130. The molecule has 0 saturated carbocycles. The van der Waals surface area contributed by atoms with Crippen LogP contribution in [-0.2, 0) is 0 Å². The second kappa shape index (κ2) is 17.5. The monoisotopic (exact) mass is 682 g/mol. The summed E-state index contributed by atoms with van der Waals surface area (Å²) in [5, 5.41) is 5.95. The molecule has 46 heavy (non-hydrogen) atoms. The number of aromatic nitrogens is 2. The highest BCUT2D eigenvalue weighted by molar-refractivity contribution is 6.05. The number of carbonyl (C=O) groups is 2. The van der Waals surface area contributed by atoms with E-state index in [1.807, 2.05) is 91.0 Å². The van der Waals surface area contributed by atoms with Gasteiger partial charge in [0.25, 0.3) is 11.8 Å². The maximum atomic E-state index is 12.9. The van der Waals surface area contributed by atoms with Crippen molar-refractivity contribution in [2.24, 2.45) is 0 Å². The summed E-state index contributed by atoms with van der Waals surface area (Å²) < 4.78 is 0. The fourth-order valence-corrected chi connectivity index (χ4v) is 5.17. The van der Waals surface area contributed by atoms with Gasteiger partial charge in [-0.25, -0.2) is 4.98 Å². The Morgan fingerprint density at radius 2 is 1.04 bits per heavy atom. The molecule has 0 aliphatic rings. The number of carbonyl (C=O) groups excluding carboxylic acids is 2. The molecule has 5 rings (SSSR count). The van der Waals surface area contributed by atoms with E-state index in [1.54, 1.807) is 0 Å². The van der Waals surface area contributed by atoms with Gasteiger partial charge in [0.05, 0.1) is 11.0 Å². The van der Waals surface area contributed by atoms with Gasteiger partial charge in [0.2, 0.25) is 0 Å². The number of fused-ring (bicyclic) bond motifs is 1. The molecule has 0 radical (unpaired) electrons. The highest BCUT2D eigenvalue weighted by Crippen LogP contribution is 2.25. The van der Waals surface area contributed by atoms with Crippen LogP contribution in [0.25, 0.3) is 22.4 Å². The number of nitrogens with zero attached hydrogens (tertiary/aromatic N) is 3. The summed E-state index contributed by atoms with van der Waals surface area (Å²) in [6, 6.07) is 28.5. The first kappa shape index (κ1) is 37.9. The summed E-state index contributed by atoms with van der Waals surface area (Å²) in [5.41, 5.74) is 7.29. The van der Waals surface area contributed by atoms with E-state index in [0.717, 1.165) is 54.2 Å². The summed E-state index contributed by atoms with van der Waals surface area (Å²) in [6.45, 7) is 12.1. The lowest BCUT2D eigenvalue weighted by Gasteiger charge is -2.21. The Labute approximate surface area is 289 Å². The predicted octanol–water partition coefficient (Wildman–Crippen LogP) is 8.69. The minimum absolute atomic E-state index is 0. The van der Waals surface area contributed by atoms with Crippen LogP contribution in [0.1, 0.15) is 48.4 Å². The highest BCUT2D eigenvalue weighted by Gasteiger charge is 2.12. The van der Waals surface area contributed by atoms with Crippen molar-refractivity contribution in [3.05, 3.63) is 102 Å². The third-order valence-corrected chi connectivity index (χ3v) is 7.67. The van der Waals surface area contributed by atoms with E-state index in [2.05, 4.69) is 53.1 Å². The van der Waals surface area contributed by atoms with Gasteiger partial charge in [0.1, 0.15) is 5.82 Å². The predicted molar refractivity (Wildman–Crippen MR) is 199 cm³/mol. The lowest BCUT2D eigenvalue weighted by Crippen LogP contribution is -2.21. The SMILES string of the molecule is CCN(CC)c1ccc(C(=O)Nc2ccc(-c3nc4ccc(NC(=O)c5ccc(N(CC)CC)cc5)cc4[nH]3)cc2)cc1.Cl.Cl.Cl. The summed E-state index contributed by atoms with van der Waals surface area (Å²) in [7, 11) is 0. The Hall–Kier alpha value is -4.24. The zero-order chi connectivity index (χ0) is 30.3. The van der Waals surface area contributed by atoms with Crippen LogP contribution in [0.4, 0.5) is 22.7 Å². The van der Waals surface area contributed by atoms with E-state index < -0.39 is 0 Å². The lowest BCUT2D eigenvalue weighted by atomic mass is 10.1. The van der Waals surface area contributed by atoms with Crippen LogP contribution >= 0.6 is 37.2 Å². The fourth-order valence-electron chi connectivity index (χ4n) is 5.17. The van der Waals surface area contributed by atoms with Crippen LogP contribution < -0.4 is 20.4 Å². The van der Waals surface area contributed by atoms with Gasteiger partial charge in [0.15, 0.2) is 0 Å². The van der Waals surface area contributed by atoms with Crippen LogP contribution in [0.3, 0.4) is 0 Å². The van der Waals surface area contributed by atoms with E-state index in [9.17, 15) is 9.59 Å². The molecule has 3 N–H and O–H groups in total. The number of imidazole rings is 1. The number of hydrogen-bond donors (Lipinski definition) is 3. The van der Waals surface area contributed by atoms with Crippen molar-refractivity contribution in [1.29, 1.82) is 0 Å². The van der Waals surface area contributed by atoms with Crippen molar-refractivity contribution in [1.82, 2.24) is 9.97 Å². The maximum absolute atomic E-state index is 12.9. The fraction of sp³-hybridized carbons (Fsp3) is 0.229. The van der Waals surface area contributed by atoms with E-state index >= 15 is 0 Å². The molecule has 0 aliphatic heterocycles. The zero-order valence-electron chi connectivity index (χ0n) is 26.4. The van der Waals surface area contributed by atoms with Crippen molar-refractivity contribution in [2.75, 3.05) is 46.6 Å². The molecule has 1 aromatic heterocycles. The number of aromatic amines is 1. The van der Waals surface area contributed by atoms with Crippen LogP contribution in [0, 0.1) is 0 Å². The molecule has 4 aromatic carbocycles. The minimum atomic E-state index is -0.164. The Morgan fingerprint density at radius 3 is 1.50 bits per heavy atom. The number of amides is 2. The Balaban J connectivity index is 0.00000245. The van der Waals surface area contributed by atoms with Gasteiger partial charge in [-0.3, -0.25) is 9.59 Å². The summed E-state index contributed by atoms with van der Waals surface area (Å²) in [4.78, 5) is 38.2. The van der Waals surface area contributed by atoms with Gasteiger partial charge >= 0.3 is 0 Å². The first-order valence-electron chi connectivity index (χ1n) is 14.8. The largest absolute Gasteiger partial charge is 0.372 e. The molecule has 0 unspecified atom stereocenters. The number of benzene rings is 4. The normalized spacial score (nSPS) is 10.2. The molecular weight excluding hydrogens is 643 g/mol. The third kappa shape index (κ3) is 8.72. The van der Waals surface area contributed by atoms with Crippen LogP contribution in [0.5, 0.6) is 0 Å².